The monoisotopic (exact) mass is 914 g/mol. The summed E-state index contributed by atoms with van der Waals surface area (Å²) < 4.78 is 60.3. The summed E-state index contributed by atoms with van der Waals surface area (Å²) in [5, 5.41) is 2.07. The Bertz CT molecular complexity index is 1750. The van der Waals surface area contributed by atoms with Crippen LogP contribution in [0.15, 0.2) is 82.6 Å². The molecule has 46 heavy (non-hydrogen) atoms. The Kier molecular flexibility index (Phi) is 11.7. The Labute approximate surface area is 306 Å². The first-order chi connectivity index (χ1) is 21.9. The van der Waals surface area contributed by atoms with Crippen LogP contribution in [0.1, 0.15) is 55.6 Å². The van der Waals surface area contributed by atoms with E-state index in [2.05, 4.69) is 63.7 Å². The van der Waals surface area contributed by atoms with Crippen molar-refractivity contribution in [1.82, 2.24) is 8.61 Å². The lowest BCUT2D eigenvalue weighted by Gasteiger charge is -2.29. The summed E-state index contributed by atoms with van der Waals surface area (Å²) in [6.45, 7) is 4.34. The van der Waals surface area contributed by atoms with Gasteiger partial charge in [0.25, 0.3) is 0 Å². The predicted octanol–water partition coefficient (Wildman–Crippen LogP) is 8.98. The van der Waals surface area contributed by atoms with Crippen molar-refractivity contribution >= 4 is 83.8 Å². The van der Waals surface area contributed by atoms with E-state index in [1.165, 1.54) is 8.61 Å². The van der Waals surface area contributed by atoms with E-state index in [0.717, 1.165) is 55.6 Å². The lowest BCUT2D eigenvalue weighted by molar-refractivity contribution is 0.389. The molecule has 0 unspecified atom stereocenters. The molecule has 0 radical (unpaired) electrons. The minimum atomic E-state index is -3.91. The molecule has 1 aliphatic rings. The number of nitrogens with zero attached hydrogens (tertiary/aromatic N) is 2. The van der Waals surface area contributed by atoms with Gasteiger partial charge in [-0.25, -0.2) is 16.8 Å². The number of fused-ring (bicyclic) bond motifs is 4. The SMILES string of the molecule is Cc1ccc(S(=O)(=O)N2Cc3cc(c(CBr)cc3CBr)CN(S(=O)(=O)c3ccc(C)cc3)Cc3cc(c(CBr)cc3CBr)C2)cc1. The summed E-state index contributed by atoms with van der Waals surface area (Å²) in [4.78, 5) is 0.465. The maximum absolute atomic E-state index is 14.3. The van der Waals surface area contributed by atoms with Crippen LogP contribution in [0, 0.1) is 13.8 Å². The van der Waals surface area contributed by atoms with Gasteiger partial charge in [-0.3, -0.25) is 0 Å². The second-order valence-electron chi connectivity index (χ2n) is 11.5. The number of hydrogen-bond donors (Lipinski definition) is 0. The van der Waals surface area contributed by atoms with Crippen LogP contribution in [0.4, 0.5) is 0 Å². The van der Waals surface area contributed by atoms with Gasteiger partial charge >= 0.3 is 0 Å². The smallest absolute Gasteiger partial charge is 0.207 e. The molecular formula is C34H34Br4N2O4S2. The van der Waals surface area contributed by atoms with E-state index in [4.69, 9.17) is 0 Å². The van der Waals surface area contributed by atoms with Crippen LogP contribution in [0.5, 0.6) is 0 Å². The van der Waals surface area contributed by atoms with Crippen molar-refractivity contribution in [2.45, 2.75) is 71.1 Å². The third kappa shape index (κ3) is 7.59. The molecule has 0 N–H and O–H groups in total. The summed E-state index contributed by atoms with van der Waals surface area (Å²) in [5.41, 5.74) is 9.02. The lowest BCUT2D eigenvalue weighted by Crippen LogP contribution is -2.33. The highest BCUT2D eigenvalue weighted by Gasteiger charge is 2.31. The summed E-state index contributed by atoms with van der Waals surface area (Å²) in [6, 6.07) is 21.9. The zero-order valence-electron chi connectivity index (χ0n) is 25.4. The average molecular weight is 918 g/mol. The summed E-state index contributed by atoms with van der Waals surface area (Å²) in [5.74, 6) is 0. The van der Waals surface area contributed by atoms with Gasteiger partial charge in [-0.2, -0.15) is 8.61 Å². The Morgan fingerprint density at radius 2 is 0.739 bits per heavy atom. The molecule has 4 aromatic carbocycles. The van der Waals surface area contributed by atoms with Crippen molar-refractivity contribution in [1.29, 1.82) is 0 Å². The second-order valence-corrected chi connectivity index (χ2v) is 17.6. The number of halogens is 4. The molecule has 5 rings (SSSR count). The largest absolute Gasteiger partial charge is 0.243 e. The molecule has 0 aliphatic carbocycles. The van der Waals surface area contributed by atoms with Crippen LogP contribution >= 0.6 is 63.7 Å². The molecule has 6 nitrogen and oxygen atoms in total. The summed E-state index contributed by atoms with van der Waals surface area (Å²) in [7, 11) is -7.81. The summed E-state index contributed by atoms with van der Waals surface area (Å²) >= 11 is 14.5. The first-order valence-corrected chi connectivity index (χ1v) is 21.9. The first kappa shape index (κ1) is 35.9. The van der Waals surface area contributed by atoms with Crippen molar-refractivity contribution in [2.75, 3.05) is 0 Å². The van der Waals surface area contributed by atoms with Gasteiger partial charge in [0.1, 0.15) is 0 Å². The Morgan fingerprint density at radius 3 is 0.978 bits per heavy atom. The van der Waals surface area contributed by atoms with Gasteiger partial charge in [-0.05, 0) is 82.6 Å². The van der Waals surface area contributed by atoms with Crippen LogP contribution in [0.2, 0.25) is 0 Å². The molecule has 1 heterocycles. The van der Waals surface area contributed by atoms with E-state index in [0.29, 0.717) is 21.3 Å². The quantitative estimate of drug-likeness (QED) is 0.166. The van der Waals surface area contributed by atoms with Crippen molar-refractivity contribution < 1.29 is 16.8 Å². The fraction of sp³-hybridized carbons (Fsp3) is 0.294. The van der Waals surface area contributed by atoms with Crippen LogP contribution in [-0.4, -0.2) is 25.4 Å². The van der Waals surface area contributed by atoms with Crippen LogP contribution in [-0.2, 0) is 67.5 Å². The highest BCUT2D eigenvalue weighted by atomic mass is 79.9. The topological polar surface area (TPSA) is 74.8 Å². The van der Waals surface area contributed by atoms with E-state index >= 15 is 0 Å². The van der Waals surface area contributed by atoms with E-state index in [1.807, 2.05) is 62.4 Å². The van der Waals surface area contributed by atoms with Crippen molar-refractivity contribution in [3.8, 4) is 0 Å². The van der Waals surface area contributed by atoms with Crippen LogP contribution in [0.3, 0.4) is 0 Å². The molecule has 0 atom stereocenters. The molecule has 12 heteroatoms. The molecule has 0 spiro atoms. The van der Waals surface area contributed by atoms with Gasteiger partial charge in [0.2, 0.25) is 20.0 Å². The molecule has 0 amide bonds. The number of hydrogen-bond acceptors (Lipinski definition) is 4. The molecule has 0 saturated heterocycles. The lowest BCUT2D eigenvalue weighted by atomic mass is 9.97. The highest BCUT2D eigenvalue weighted by Crippen LogP contribution is 2.33. The Hall–Kier alpha value is -1.38. The van der Waals surface area contributed by atoms with Crippen molar-refractivity contribution in [3.63, 3.8) is 0 Å². The third-order valence-electron chi connectivity index (χ3n) is 8.32. The molecule has 4 aromatic rings. The van der Waals surface area contributed by atoms with E-state index in [-0.39, 0.29) is 36.0 Å². The van der Waals surface area contributed by atoms with Crippen molar-refractivity contribution in [2.24, 2.45) is 0 Å². The van der Waals surface area contributed by atoms with Crippen molar-refractivity contribution in [3.05, 3.63) is 128 Å². The molecule has 0 fully saturated rings. The standard InChI is InChI=1S/C34H34Br4N2O4S2/c1-23-3-7-33(8-4-23)45(41,42)39-19-29-13-31(27(17-37)11-25(29)15-35)21-40(46(43,44)34-9-5-24(2)6-10-34)22-32-14-30(20-39)26(16-36)12-28(32)18-38/h3-14H,15-22H2,1-2H3. The number of benzene rings is 4. The minimum absolute atomic E-state index is 0.120. The molecule has 4 bridgehead atoms. The number of aryl methyl sites for hydroxylation is 2. The number of rotatable bonds is 8. The maximum atomic E-state index is 14.3. The minimum Gasteiger partial charge on any atom is -0.207 e. The van der Waals surface area contributed by atoms with E-state index in [9.17, 15) is 16.8 Å². The van der Waals surface area contributed by atoms with Gasteiger partial charge in [0.05, 0.1) is 9.79 Å². The molecule has 0 aromatic heterocycles. The van der Waals surface area contributed by atoms with Gasteiger partial charge in [0.15, 0.2) is 0 Å². The first-order valence-electron chi connectivity index (χ1n) is 14.6. The predicted molar refractivity (Wildman–Crippen MR) is 199 cm³/mol. The third-order valence-corrected chi connectivity index (χ3v) is 14.4. The molecule has 0 saturated carbocycles. The van der Waals surface area contributed by atoms with Gasteiger partial charge < -0.3 is 0 Å². The fourth-order valence-electron chi connectivity index (χ4n) is 5.60. The average Bonchev–Trinajstić information content (AvgIpc) is 3.04. The summed E-state index contributed by atoms with van der Waals surface area (Å²) in [6.07, 6.45) is 0. The number of sulfonamides is 2. The zero-order chi connectivity index (χ0) is 33.2. The molecule has 1 aliphatic heterocycles. The molecular weight excluding hydrogens is 884 g/mol. The molecule has 244 valence electrons. The Balaban J connectivity index is 1.75. The normalized spacial score (nSPS) is 14.9. The van der Waals surface area contributed by atoms with E-state index < -0.39 is 20.0 Å². The Morgan fingerprint density at radius 1 is 0.478 bits per heavy atom. The van der Waals surface area contributed by atoms with Crippen LogP contribution < -0.4 is 0 Å². The zero-order valence-corrected chi connectivity index (χ0v) is 33.4. The fourth-order valence-corrected chi connectivity index (χ4v) is 10.5. The van der Waals surface area contributed by atoms with Gasteiger partial charge in [0, 0.05) is 47.5 Å². The number of alkyl halides is 4. The maximum Gasteiger partial charge on any atom is 0.243 e. The highest BCUT2D eigenvalue weighted by molar-refractivity contribution is 9.09. The van der Waals surface area contributed by atoms with Gasteiger partial charge in [-0.15, -0.1) is 0 Å². The second kappa shape index (κ2) is 15.0. The van der Waals surface area contributed by atoms with E-state index in [1.54, 1.807) is 24.3 Å². The van der Waals surface area contributed by atoms with Gasteiger partial charge in [-0.1, -0.05) is 123 Å². The van der Waals surface area contributed by atoms with Crippen LogP contribution in [0.25, 0.3) is 0 Å².